The van der Waals surface area contributed by atoms with Gasteiger partial charge >= 0.3 is 11.9 Å². The highest BCUT2D eigenvalue weighted by molar-refractivity contribution is 5.94. The smallest absolute Gasteiger partial charge is 0.326 e. The maximum Gasteiger partial charge on any atom is 0.326 e. The van der Waals surface area contributed by atoms with Crippen molar-refractivity contribution in [3.05, 3.63) is 29.8 Å². The third-order valence-electron chi connectivity index (χ3n) is 4.87. The van der Waals surface area contributed by atoms with E-state index < -0.39 is 79.4 Å². The van der Waals surface area contributed by atoms with E-state index in [1.807, 2.05) is 0 Å². The van der Waals surface area contributed by atoms with Gasteiger partial charge in [-0.15, -0.1) is 0 Å². The molecule has 14 nitrogen and oxygen atoms in total. The number of nitrogens with two attached hydrogens (primary N) is 1. The van der Waals surface area contributed by atoms with Crippen LogP contribution < -0.4 is 21.7 Å². The van der Waals surface area contributed by atoms with Crippen LogP contribution in [0, 0.1) is 0 Å². The van der Waals surface area contributed by atoms with Crippen LogP contribution in [0.2, 0.25) is 0 Å². The van der Waals surface area contributed by atoms with Crippen molar-refractivity contribution in [2.45, 2.75) is 56.5 Å². The number of hydrogen-bond donors (Lipinski definition) is 9. The number of carbonyl (C=O) groups excluding carboxylic acids is 3. The lowest BCUT2D eigenvalue weighted by Crippen LogP contribution is -2.60. The fraction of sp³-hybridized carbons (Fsp3) is 0.476. The highest BCUT2D eigenvalue weighted by Crippen LogP contribution is 2.12. The molecule has 1 rings (SSSR count). The topological polar surface area (TPSA) is 249 Å². The van der Waals surface area contributed by atoms with E-state index in [-0.39, 0.29) is 12.2 Å². The van der Waals surface area contributed by atoms with Gasteiger partial charge in [0.2, 0.25) is 17.7 Å². The van der Waals surface area contributed by atoms with E-state index in [0.717, 1.165) is 6.92 Å². The molecule has 0 aromatic heterocycles. The number of benzene rings is 1. The van der Waals surface area contributed by atoms with Crippen molar-refractivity contribution in [3.8, 4) is 5.75 Å². The quantitative estimate of drug-likeness (QED) is 0.125. The number of amides is 3. The van der Waals surface area contributed by atoms with E-state index in [1.54, 1.807) is 0 Å². The van der Waals surface area contributed by atoms with Crippen LogP contribution in [-0.2, 0) is 30.4 Å². The maximum atomic E-state index is 12.7. The number of aliphatic hydroxyl groups is 2. The largest absolute Gasteiger partial charge is 0.508 e. The number of nitrogens with one attached hydrogen (secondary N) is 3. The first-order valence-electron chi connectivity index (χ1n) is 10.5. The summed E-state index contributed by atoms with van der Waals surface area (Å²) in [5.41, 5.74) is 5.87. The molecule has 0 bridgehead atoms. The Morgan fingerprint density at radius 1 is 0.914 bits per heavy atom. The number of hydrogen-bond acceptors (Lipinski definition) is 9. The Morgan fingerprint density at radius 3 is 1.97 bits per heavy atom. The van der Waals surface area contributed by atoms with Gasteiger partial charge in [0.15, 0.2) is 0 Å². The molecule has 0 fully saturated rings. The molecule has 10 N–H and O–H groups in total. The predicted octanol–water partition coefficient (Wildman–Crippen LogP) is -2.96. The summed E-state index contributed by atoms with van der Waals surface area (Å²) in [6.45, 7) is 0.419. The normalized spacial score (nSPS) is 15.1. The Hall–Kier alpha value is -3.75. The maximum absolute atomic E-state index is 12.7. The van der Waals surface area contributed by atoms with Crippen LogP contribution in [0.15, 0.2) is 24.3 Å². The van der Waals surface area contributed by atoms with Crippen LogP contribution in [0.25, 0.3) is 0 Å². The van der Waals surface area contributed by atoms with Crippen LogP contribution in [0.1, 0.15) is 25.3 Å². The minimum absolute atomic E-state index is 0.0361. The lowest BCUT2D eigenvalue weighted by molar-refractivity contribution is -0.143. The molecular weight excluding hydrogens is 468 g/mol. The molecule has 0 spiro atoms. The van der Waals surface area contributed by atoms with Gasteiger partial charge in [0, 0.05) is 12.8 Å². The number of aliphatic carboxylic acids is 2. The molecule has 1 aromatic carbocycles. The van der Waals surface area contributed by atoms with Crippen molar-refractivity contribution in [2.24, 2.45) is 5.73 Å². The van der Waals surface area contributed by atoms with Gasteiger partial charge < -0.3 is 47.2 Å². The molecule has 3 amide bonds. The molecule has 0 radical (unpaired) electrons. The number of aliphatic hydroxyl groups excluding tert-OH is 2. The number of carbonyl (C=O) groups is 5. The van der Waals surface area contributed by atoms with E-state index in [9.17, 15) is 39.3 Å². The fourth-order valence-electron chi connectivity index (χ4n) is 2.89. The third kappa shape index (κ3) is 9.95. The Labute approximate surface area is 200 Å². The lowest BCUT2D eigenvalue weighted by atomic mass is 10.0. The van der Waals surface area contributed by atoms with Crippen LogP contribution in [0.3, 0.4) is 0 Å². The number of carboxylic acid groups (broad SMARTS) is 2. The molecule has 1 aromatic rings. The molecule has 0 saturated carbocycles. The summed E-state index contributed by atoms with van der Waals surface area (Å²) < 4.78 is 0. The zero-order valence-electron chi connectivity index (χ0n) is 18.9. The summed E-state index contributed by atoms with van der Waals surface area (Å²) in [5, 5.41) is 53.3. The number of rotatable bonds is 14. The highest BCUT2D eigenvalue weighted by atomic mass is 16.4. The number of phenolic OH excluding ortho intramolecular Hbond substituents is 1. The first-order valence-corrected chi connectivity index (χ1v) is 10.5. The van der Waals surface area contributed by atoms with E-state index in [2.05, 4.69) is 16.0 Å². The average molecular weight is 498 g/mol. The summed E-state index contributed by atoms with van der Waals surface area (Å²) in [7, 11) is 0. The van der Waals surface area contributed by atoms with Gasteiger partial charge in [0.25, 0.3) is 0 Å². The molecule has 0 aliphatic rings. The first kappa shape index (κ1) is 29.3. The molecule has 14 heteroatoms. The molecule has 0 heterocycles. The van der Waals surface area contributed by atoms with Crippen LogP contribution in [-0.4, -0.2) is 92.1 Å². The van der Waals surface area contributed by atoms with Crippen molar-refractivity contribution >= 4 is 29.7 Å². The van der Waals surface area contributed by atoms with Gasteiger partial charge in [-0.1, -0.05) is 12.1 Å². The molecule has 35 heavy (non-hydrogen) atoms. The summed E-state index contributed by atoms with van der Waals surface area (Å²) in [5.74, 6) is -5.73. The monoisotopic (exact) mass is 498 g/mol. The van der Waals surface area contributed by atoms with Crippen molar-refractivity contribution in [1.29, 1.82) is 0 Å². The fourth-order valence-corrected chi connectivity index (χ4v) is 2.89. The minimum Gasteiger partial charge on any atom is -0.508 e. The third-order valence-corrected chi connectivity index (χ3v) is 4.87. The first-order chi connectivity index (χ1) is 16.3. The number of aromatic hydroxyl groups is 1. The second-order valence-corrected chi connectivity index (χ2v) is 7.78. The SMILES string of the molecule is CC(O)C(NC(=O)C(CCC(=O)O)NC(=O)C(N)CO)C(=O)NC(Cc1ccc(O)cc1)C(=O)O. The van der Waals surface area contributed by atoms with Crippen molar-refractivity contribution in [1.82, 2.24) is 16.0 Å². The Morgan fingerprint density at radius 2 is 1.49 bits per heavy atom. The summed E-state index contributed by atoms with van der Waals surface area (Å²) in [4.78, 5) is 60.0. The zero-order valence-corrected chi connectivity index (χ0v) is 18.9. The van der Waals surface area contributed by atoms with Gasteiger partial charge in [0.05, 0.1) is 12.7 Å². The number of phenols is 1. The number of carboxylic acids is 2. The van der Waals surface area contributed by atoms with Gasteiger partial charge in [-0.3, -0.25) is 19.2 Å². The van der Waals surface area contributed by atoms with E-state index >= 15 is 0 Å². The summed E-state index contributed by atoms with van der Waals surface area (Å²) in [6, 6.07) is -0.377. The van der Waals surface area contributed by atoms with E-state index in [0.29, 0.717) is 5.56 Å². The highest BCUT2D eigenvalue weighted by Gasteiger charge is 2.33. The predicted molar refractivity (Wildman–Crippen MR) is 119 cm³/mol. The molecule has 194 valence electrons. The molecule has 0 saturated heterocycles. The molecule has 5 atom stereocenters. The molecule has 0 aliphatic heterocycles. The summed E-state index contributed by atoms with van der Waals surface area (Å²) >= 11 is 0. The van der Waals surface area contributed by atoms with Gasteiger partial charge in [-0.05, 0) is 31.0 Å². The molecule has 5 unspecified atom stereocenters. The minimum atomic E-state index is -1.65. The second kappa shape index (κ2) is 13.8. The van der Waals surface area contributed by atoms with Crippen molar-refractivity contribution in [2.75, 3.05) is 6.61 Å². The second-order valence-electron chi connectivity index (χ2n) is 7.78. The molecule has 0 aliphatic carbocycles. The van der Waals surface area contributed by atoms with Crippen LogP contribution in [0.5, 0.6) is 5.75 Å². The molecular formula is C21H30N4O10. The Bertz CT molecular complexity index is 906. The van der Waals surface area contributed by atoms with Crippen molar-refractivity contribution < 1.29 is 49.5 Å². The van der Waals surface area contributed by atoms with Gasteiger partial charge in [-0.2, -0.15) is 0 Å². The van der Waals surface area contributed by atoms with Gasteiger partial charge in [-0.25, -0.2) is 4.79 Å². The zero-order chi connectivity index (χ0) is 26.7. The van der Waals surface area contributed by atoms with E-state index in [4.69, 9.17) is 15.9 Å². The Balaban J connectivity index is 2.98. The van der Waals surface area contributed by atoms with Crippen molar-refractivity contribution in [3.63, 3.8) is 0 Å². The van der Waals surface area contributed by atoms with Crippen LogP contribution in [0.4, 0.5) is 0 Å². The lowest BCUT2D eigenvalue weighted by Gasteiger charge is -2.26. The summed E-state index contributed by atoms with van der Waals surface area (Å²) in [6.07, 6.45) is -2.60. The van der Waals surface area contributed by atoms with Gasteiger partial charge in [0.1, 0.15) is 29.9 Å². The van der Waals surface area contributed by atoms with E-state index in [1.165, 1.54) is 24.3 Å². The Kier molecular flexibility index (Phi) is 11.6. The average Bonchev–Trinajstić information content (AvgIpc) is 2.79. The van der Waals surface area contributed by atoms with Crippen LogP contribution >= 0.6 is 0 Å². The standard InChI is InChI=1S/C21H30N4O10/c1-10(27)17(20(33)24-15(21(34)35)8-11-2-4-12(28)5-3-11)25-19(32)14(6-7-16(29)30)23-18(31)13(22)9-26/h2-5,10,13-15,17,26-28H,6-9,22H2,1H3,(H,23,31)(H,24,33)(H,25,32)(H,29,30)(H,34,35).